The number of nitrogens with zero attached hydrogens (tertiary/aromatic N) is 1. The average molecular weight is 487 g/mol. The molecule has 2 aromatic rings. The number of carbonyl (C=O) groups excluding carboxylic acids is 1. The first kappa shape index (κ1) is 26.3. The van der Waals surface area contributed by atoms with E-state index in [4.69, 9.17) is 19.7 Å². The predicted molar refractivity (Wildman–Crippen MR) is 130 cm³/mol. The van der Waals surface area contributed by atoms with Crippen molar-refractivity contribution in [2.45, 2.75) is 19.3 Å². The number of carbonyl (C=O) groups is 2. The van der Waals surface area contributed by atoms with E-state index in [1.54, 1.807) is 25.3 Å². The molecule has 1 amide bonds. The second-order valence-corrected chi connectivity index (χ2v) is 8.17. The van der Waals surface area contributed by atoms with Gasteiger partial charge in [0.25, 0.3) is 5.91 Å². The van der Waals surface area contributed by atoms with Crippen molar-refractivity contribution in [3.05, 3.63) is 59.4 Å². The number of hydrogen-bond donors (Lipinski definition) is 3. The summed E-state index contributed by atoms with van der Waals surface area (Å²) in [6.07, 6.45) is 1.36. The maximum atomic E-state index is 14.4. The Morgan fingerprint density at radius 2 is 1.80 bits per heavy atom. The molecule has 4 rings (SSSR count). The topological polar surface area (TPSA) is 108 Å². The van der Waals surface area contributed by atoms with Gasteiger partial charge in [-0.25, -0.2) is 9.18 Å². The highest BCUT2D eigenvalue weighted by atomic mass is 19.1. The number of carboxylic acids is 1. The van der Waals surface area contributed by atoms with Gasteiger partial charge >= 0.3 is 5.97 Å². The number of carboxylic acid groups (broad SMARTS) is 1. The van der Waals surface area contributed by atoms with Crippen LogP contribution in [0.25, 0.3) is 11.1 Å². The first-order valence-electron chi connectivity index (χ1n) is 11.5. The van der Waals surface area contributed by atoms with Crippen molar-refractivity contribution in [3.8, 4) is 16.9 Å². The lowest BCUT2D eigenvalue weighted by molar-refractivity contribution is -0.133. The Labute approximate surface area is 204 Å². The number of halogens is 1. The van der Waals surface area contributed by atoms with Gasteiger partial charge in [0, 0.05) is 30.8 Å². The van der Waals surface area contributed by atoms with E-state index in [9.17, 15) is 14.0 Å². The Balaban J connectivity index is 0.000000320. The van der Waals surface area contributed by atoms with Gasteiger partial charge in [0.15, 0.2) is 0 Å². The molecule has 0 unspecified atom stereocenters. The summed E-state index contributed by atoms with van der Waals surface area (Å²) in [6, 6.07) is 11.7. The lowest BCUT2D eigenvalue weighted by atomic mass is 10.0. The number of β-amino-alcohol motifs (C(OH)–C–C–N with tert-alkyl or cyclic N) is 1. The maximum Gasteiger partial charge on any atom is 0.332 e. The molecule has 9 heteroatoms. The van der Waals surface area contributed by atoms with Crippen LogP contribution in [0.1, 0.15) is 19.3 Å². The van der Waals surface area contributed by atoms with E-state index in [1.165, 1.54) is 12.1 Å². The van der Waals surface area contributed by atoms with Crippen LogP contribution in [0, 0.1) is 5.82 Å². The van der Waals surface area contributed by atoms with Crippen LogP contribution < -0.4 is 10.1 Å². The third-order valence-corrected chi connectivity index (χ3v) is 5.89. The van der Waals surface area contributed by atoms with Crippen LogP contribution in [0.2, 0.25) is 0 Å². The number of aliphatic hydroxyl groups excluding tert-OH is 1. The van der Waals surface area contributed by atoms with E-state index < -0.39 is 17.7 Å². The number of anilines is 1. The smallest absolute Gasteiger partial charge is 0.332 e. The molecule has 35 heavy (non-hydrogen) atoms. The summed E-state index contributed by atoms with van der Waals surface area (Å²) in [4.78, 5) is 25.7. The molecule has 1 heterocycles. The van der Waals surface area contributed by atoms with Crippen LogP contribution in [0.5, 0.6) is 5.75 Å². The lowest BCUT2D eigenvalue weighted by Crippen LogP contribution is -2.37. The highest BCUT2D eigenvalue weighted by Crippen LogP contribution is 2.30. The number of methoxy groups -OCH3 is 1. The van der Waals surface area contributed by atoms with Crippen molar-refractivity contribution in [1.82, 2.24) is 4.90 Å². The van der Waals surface area contributed by atoms with Gasteiger partial charge in [-0.05, 0) is 54.7 Å². The van der Waals surface area contributed by atoms with E-state index >= 15 is 0 Å². The summed E-state index contributed by atoms with van der Waals surface area (Å²) >= 11 is 0. The molecule has 0 aromatic heterocycles. The van der Waals surface area contributed by atoms with Gasteiger partial charge in [0.2, 0.25) is 0 Å². The largest absolute Gasteiger partial charge is 0.497 e. The van der Waals surface area contributed by atoms with Crippen molar-refractivity contribution in [1.29, 1.82) is 0 Å². The molecule has 0 saturated carbocycles. The van der Waals surface area contributed by atoms with Crippen LogP contribution in [-0.4, -0.2) is 73.6 Å². The zero-order valence-electron chi connectivity index (χ0n) is 19.8. The Hall–Kier alpha value is -3.27. The molecule has 0 spiro atoms. The van der Waals surface area contributed by atoms with Gasteiger partial charge in [-0.3, -0.25) is 9.69 Å². The first-order valence-corrected chi connectivity index (χ1v) is 11.5. The fourth-order valence-electron chi connectivity index (χ4n) is 3.99. The molecule has 0 radical (unpaired) electrons. The minimum Gasteiger partial charge on any atom is -0.497 e. The lowest BCUT2D eigenvalue weighted by Gasteiger charge is -2.25. The number of amides is 1. The standard InChI is InChI=1S/C20H18FNO4.C6H13NO2/c1-26-14-5-2-4-12(10-14)13-8-9-18(17(21)11-13)22-19(23)15-6-3-7-16(15)20(24)25;8-4-1-7-2-5-9-6-3-7/h2,4-5,8-11H,3,6-7H2,1H3,(H,22,23)(H,24,25);8H,1-6H2. The Bertz CT molecular complexity index is 1060. The van der Waals surface area contributed by atoms with Crippen molar-refractivity contribution in [3.63, 3.8) is 0 Å². The minimum atomic E-state index is -1.10. The molecule has 0 atom stereocenters. The maximum absolute atomic E-state index is 14.4. The van der Waals surface area contributed by atoms with Gasteiger partial charge < -0.3 is 25.0 Å². The summed E-state index contributed by atoms with van der Waals surface area (Å²) in [5, 5.41) is 20.2. The fraction of sp³-hybridized carbons (Fsp3) is 0.385. The first-order chi connectivity index (χ1) is 16.9. The van der Waals surface area contributed by atoms with Crippen molar-refractivity contribution in [2.24, 2.45) is 0 Å². The van der Waals surface area contributed by atoms with E-state index in [0.717, 1.165) is 38.4 Å². The Kier molecular flexibility index (Phi) is 9.77. The second kappa shape index (κ2) is 13.0. The number of benzene rings is 2. The molecule has 1 aliphatic heterocycles. The molecule has 1 saturated heterocycles. The monoisotopic (exact) mass is 486 g/mol. The third kappa shape index (κ3) is 7.35. The van der Waals surface area contributed by atoms with Gasteiger partial charge in [-0.15, -0.1) is 0 Å². The molecule has 1 aliphatic carbocycles. The summed E-state index contributed by atoms with van der Waals surface area (Å²) < 4.78 is 24.7. The van der Waals surface area contributed by atoms with E-state index in [2.05, 4.69) is 10.2 Å². The fourth-order valence-corrected chi connectivity index (χ4v) is 3.99. The van der Waals surface area contributed by atoms with Crippen LogP contribution in [0.15, 0.2) is 53.6 Å². The summed E-state index contributed by atoms with van der Waals surface area (Å²) in [5.41, 5.74) is 1.77. The number of nitrogens with one attached hydrogen (secondary N) is 1. The van der Waals surface area contributed by atoms with Gasteiger partial charge in [-0.2, -0.15) is 0 Å². The minimum absolute atomic E-state index is 0.0192. The van der Waals surface area contributed by atoms with Crippen molar-refractivity contribution in [2.75, 3.05) is 51.9 Å². The average Bonchev–Trinajstić information content (AvgIpc) is 3.37. The van der Waals surface area contributed by atoms with Crippen LogP contribution >= 0.6 is 0 Å². The molecule has 8 nitrogen and oxygen atoms in total. The quantitative estimate of drug-likeness (QED) is 0.551. The van der Waals surface area contributed by atoms with E-state index in [0.29, 0.717) is 30.6 Å². The molecule has 188 valence electrons. The van der Waals surface area contributed by atoms with Crippen molar-refractivity contribution < 1.29 is 33.7 Å². The van der Waals surface area contributed by atoms with Crippen LogP contribution in [0.3, 0.4) is 0 Å². The second-order valence-electron chi connectivity index (χ2n) is 8.17. The number of aliphatic carboxylic acids is 1. The van der Waals surface area contributed by atoms with E-state index in [-0.39, 0.29) is 23.4 Å². The van der Waals surface area contributed by atoms with Crippen molar-refractivity contribution >= 4 is 17.6 Å². The number of aliphatic hydroxyl groups is 1. The highest BCUT2D eigenvalue weighted by molar-refractivity contribution is 6.09. The molecular weight excluding hydrogens is 455 g/mol. The molecule has 2 aromatic carbocycles. The molecular formula is C26H31FN2O6. The highest BCUT2D eigenvalue weighted by Gasteiger charge is 2.25. The zero-order valence-corrected chi connectivity index (χ0v) is 19.8. The van der Waals surface area contributed by atoms with Crippen LogP contribution in [0.4, 0.5) is 10.1 Å². The molecule has 0 bridgehead atoms. The van der Waals surface area contributed by atoms with Gasteiger partial charge in [-0.1, -0.05) is 18.2 Å². The third-order valence-electron chi connectivity index (χ3n) is 5.89. The number of hydrogen-bond acceptors (Lipinski definition) is 6. The molecule has 2 aliphatic rings. The number of morpholine rings is 1. The zero-order chi connectivity index (χ0) is 25.2. The van der Waals surface area contributed by atoms with Crippen LogP contribution in [-0.2, 0) is 14.3 Å². The Morgan fingerprint density at radius 1 is 1.09 bits per heavy atom. The molecule has 1 fully saturated rings. The number of rotatable bonds is 7. The predicted octanol–water partition coefficient (Wildman–Crippen LogP) is 3.32. The summed E-state index contributed by atoms with van der Waals surface area (Å²) in [5.74, 6) is -1.58. The Morgan fingerprint density at radius 3 is 2.46 bits per heavy atom. The normalized spacial score (nSPS) is 15.9. The van der Waals surface area contributed by atoms with E-state index in [1.807, 2.05) is 12.1 Å². The number of ether oxygens (including phenoxy) is 2. The summed E-state index contributed by atoms with van der Waals surface area (Å²) in [6.45, 7) is 4.64. The van der Waals surface area contributed by atoms with Gasteiger partial charge in [0.05, 0.1) is 32.6 Å². The SMILES string of the molecule is COc1cccc(-c2ccc(NC(=O)C3=C(C(=O)O)CCC3)c(F)c2)c1.OCCN1CCOCC1. The summed E-state index contributed by atoms with van der Waals surface area (Å²) in [7, 11) is 1.56. The molecule has 3 N–H and O–H groups in total. The van der Waals surface area contributed by atoms with Gasteiger partial charge in [0.1, 0.15) is 11.6 Å².